The van der Waals surface area contributed by atoms with Crippen LogP contribution < -0.4 is 24.3 Å². The van der Waals surface area contributed by atoms with Gasteiger partial charge in [-0.2, -0.15) is 0 Å². The van der Waals surface area contributed by atoms with Crippen LogP contribution in [0.15, 0.2) is 54.6 Å². The zero-order chi connectivity index (χ0) is 20.9. The lowest BCUT2D eigenvalue weighted by molar-refractivity contribution is 0.174. The lowest BCUT2D eigenvalue weighted by Crippen LogP contribution is -2.14. The first-order valence-electron chi connectivity index (χ1n) is 9.46. The Morgan fingerprint density at radius 2 is 1.84 bits per heavy atom. The summed E-state index contributed by atoms with van der Waals surface area (Å²) in [5.74, 6) is 2.39. The van der Waals surface area contributed by atoms with E-state index in [0.29, 0.717) is 35.2 Å². The maximum Gasteiger partial charge on any atom is 0.231 e. The van der Waals surface area contributed by atoms with Gasteiger partial charge in [0.15, 0.2) is 23.0 Å². The van der Waals surface area contributed by atoms with Gasteiger partial charge in [0.1, 0.15) is 12.4 Å². The van der Waals surface area contributed by atoms with Crippen LogP contribution in [-0.2, 0) is 19.7 Å². The van der Waals surface area contributed by atoms with Crippen molar-refractivity contribution in [1.29, 1.82) is 0 Å². The summed E-state index contributed by atoms with van der Waals surface area (Å²) in [7, 11) is 1.59. The van der Waals surface area contributed by atoms with Gasteiger partial charge in [-0.15, -0.1) is 12.4 Å². The molecule has 0 saturated heterocycles. The summed E-state index contributed by atoms with van der Waals surface area (Å²) in [5, 5.41) is 3.74. The molecule has 31 heavy (non-hydrogen) atoms. The second-order valence-electron chi connectivity index (χ2n) is 6.76. The Morgan fingerprint density at radius 1 is 1.00 bits per heavy atom. The van der Waals surface area contributed by atoms with Gasteiger partial charge in [0, 0.05) is 24.2 Å². The third-order valence-corrected chi connectivity index (χ3v) is 5.10. The van der Waals surface area contributed by atoms with Crippen molar-refractivity contribution in [3.8, 4) is 23.0 Å². The van der Waals surface area contributed by atoms with Crippen LogP contribution in [0.5, 0.6) is 23.0 Å². The Kier molecular flexibility index (Phi) is 7.85. The lowest BCUT2D eigenvalue weighted by Gasteiger charge is -2.16. The fourth-order valence-corrected chi connectivity index (χ4v) is 3.43. The van der Waals surface area contributed by atoms with Gasteiger partial charge in [-0.3, -0.25) is 0 Å². The molecule has 0 radical (unpaired) electrons. The van der Waals surface area contributed by atoms with Gasteiger partial charge in [0.05, 0.1) is 12.1 Å². The molecule has 0 spiro atoms. The molecule has 0 aliphatic carbocycles. The highest BCUT2D eigenvalue weighted by atomic mass is 35.5. The summed E-state index contributed by atoms with van der Waals surface area (Å²) in [6, 6.07) is 15.8. The van der Waals surface area contributed by atoms with E-state index >= 15 is 0 Å². The number of nitrogens with one attached hydrogen (secondary N) is 1. The average Bonchev–Trinajstić information content (AvgIpc) is 3.21. The molecule has 1 heterocycles. The Balaban J connectivity index is 0.00000272. The van der Waals surface area contributed by atoms with Crippen LogP contribution in [0.2, 0.25) is 5.02 Å². The molecule has 5 nitrogen and oxygen atoms in total. The van der Waals surface area contributed by atoms with Crippen molar-refractivity contribution in [2.45, 2.75) is 19.7 Å². The number of hydrogen-bond donors (Lipinski definition) is 1. The van der Waals surface area contributed by atoms with E-state index in [9.17, 15) is 4.39 Å². The normalized spacial score (nSPS) is 11.7. The molecule has 0 unspecified atom stereocenters. The summed E-state index contributed by atoms with van der Waals surface area (Å²) in [5.41, 5.74) is 2.72. The minimum atomic E-state index is -0.380. The van der Waals surface area contributed by atoms with E-state index in [0.717, 1.165) is 22.6 Å². The lowest BCUT2D eigenvalue weighted by atomic mass is 10.1. The van der Waals surface area contributed by atoms with Gasteiger partial charge >= 0.3 is 0 Å². The first kappa shape index (κ1) is 23.0. The molecule has 0 atom stereocenters. The first-order chi connectivity index (χ1) is 14.6. The number of hydrogen-bond acceptors (Lipinski definition) is 5. The maximum absolute atomic E-state index is 13.3. The van der Waals surface area contributed by atoms with Crippen LogP contribution in [0.3, 0.4) is 0 Å². The Hall–Kier alpha value is -2.67. The number of para-hydroxylation sites is 1. The summed E-state index contributed by atoms with van der Waals surface area (Å²) < 4.78 is 35.5. The molecular weight excluding hydrogens is 444 g/mol. The van der Waals surface area contributed by atoms with Crippen molar-refractivity contribution >= 4 is 24.0 Å². The van der Waals surface area contributed by atoms with Gasteiger partial charge in [-0.1, -0.05) is 35.9 Å². The monoisotopic (exact) mass is 465 g/mol. The quantitative estimate of drug-likeness (QED) is 0.475. The van der Waals surface area contributed by atoms with Gasteiger partial charge in [-0.25, -0.2) is 4.39 Å². The number of ether oxygens (including phenoxy) is 4. The molecule has 4 rings (SSSR count). The van der Waals surface area contributed by atoms with Crippen molar-refractivity contribution < 1.29 is 23.3 Å². The van der Waals surface area contributed by atoms with Gasteiger partial charge < -0.3 is 24.3 Å². The van der Waals surface area contributed by atoms with E-state index in [1.165, 1.54) is 12.1 Å². The zero-order valence-electron chi connectivity index (χ0n) is 16.8. The topological polar surface area (TPSA) is 49.0 Å². The third kappa shape index (κ3) is 5.53. The fraction of sp³-hybridized carbons (Fsp3) is 0.217. The van der Waals surface area contributed by atoms with Gasteiger partial charge in [0.2, 0.25) is 6.79 Å². The largest absolute Gasteiger partial charge is 0.493 e. The minimum absolute atomic E-state index is 0. The molecule has 1 aliphatic rings. The van der Waals surface area contributed by atoms with E-state index < -0.39 is 0 Å². The first-order valence-corrected chi connectivity index (χ1v) is 9.83. The molecule has 3 aromatic rings. The van der Waals surface area contributed by atoms with E-state index in [1.54, 1.807) is 13.2 Å². The van der Waals surface area contributed by atoms with Crippen LogP contribution in [0.25, 0.3) is 0 Å². The Labute approximate surface area is 191 Å². The summed E-state index contributed by atoms with van der Waals surface area (Å²) in [6.45, 7) is 1.68. The molecule has 0 amide bonds. The molecular formula is C23H22Cl2FNO4. The number of halogens is 3. The second kappa shape index (κ2) is 10.6. The third-order valence-electron chi connectivity index (χ3n) is 4.75. The van der Waals surface area contributed by atoms with Gasteiger partial charge in [-0.05, 0) is 35.9 Å². The highest BCUT2D eigenvalue weighted by Crippen LogP contribution is 2.34. The molecule has 0 fully saturated rings. The molecule has 0 aromatic heterocycles. The minimum Gasteiger partial charge on any atom is -0.493 e. The molecule has 1 N–H and O–H groups in total. The predicted molar refractivity (Wildman–Crippen MR) is 119 cm³/mol. The molecule has 0 bridgehead atoms. The highest BCUT2D eigenvalue weighted by Gasteiger charge is 2.14. The van der Waals surface area contributed by atoms with E-state index in [1.807, 2.05) is 36.4 Å². The summed E-state index contributed by atoms with van der Waals surface area (Å²) in [4.78, 5) is 0. The van der Waals surface area contributed by atoms with Crippen molar-refractivity contribution in [2.24, 2.45) is 0 Å². The van der Waals surface area contributed by atoms with Crippen LogP contribution in [0, 0.1) is 5.82 Å². The molecule has 8 heteroatoms. The molecule has 0 saturated carbocycles. The summed E-state index contributed by atoms with van der Waals surface area (Å²) in [6.07, 6.45) is 0. The van der Waals surface area contributed by atoms with Crippen LogP contribution in [0.4, 0.5) is 4.39 Å². The second-order valence-corrected chi connectivity index (χ2v) is 7.17. The predicted octanol–water partition coefficient (Wildman–Crippen LogP) is 5.51. The van der Waals surface area contributed by atoms with E-state index in [2.05, 4.69) is 5.32 Å². The van der Waals surface area contributed by atoms with Crippen molar-refractivity contribution in [2.75, 3.05) is 13.9 Å². The molecule has 3 aromatic carbocycles. The number of fused-ring (bicyclic) bond motifs is 1. The van der Waals surface area contributed by atoms with E-state index in [4.69, 9.17) is 30.5 Å². The fourth-order valence-electron chi connectivity index (χ4n) is 3.21. The zero-order valence-corrected chi connectivity index (χ0v) is 18.4. The van der Waals surface area contributed by atoms with Gasteiger partial charge in [0.25, 0.3) is 0 Å². The summed E-state index contributed by atoms with van der Waals surface area (Å²) >= 11 is 6.12. The van der Waals surface area contributed by atoms with Crippen molar-refractivity contribution in [3.05, 3.63) is 82.1 Å². The van der Waals surface area contributed by atoms with Crippen LogP contribution in [0.1, 0.15) is 16.7 Å². The Bertz CT molecular complexity index is 1050. The van der Waals surface area contributed by atoms with Crippen molar-refractivity contribution in [1.82, 2.24) is 5.32 Å². The number of benzene rings is 3. The van der Waals surface area contributed by atoms with E-state index in [-0.39, 0.29) is 31.6 Å². The smallest absolute Gasteiger partial charge is 0.231 e. The SMILES string of the molecule is COc1cccc(CNCc2ccc3c(c2)OCO3)c1OCc1ccc(F)cc1Cl.Cl. The average molecular weight is 466 g/mol. The molecule has 164 valence electrons. The molecule has 1 aliphatic heterocycles. The highest BCUT2D eigenvalue weighted by molar-refractivity contribution is 6.31. The standard InChI is InChI=1S/C23H21ClFNO4.ClH/c1-27-21-4-2-3-16(23(21)28-13-17-6-7-18(25)10-19(17)24)12-26-11-15-5-8-20-22(9-15)30-14-29-20;/h2-10,26H,11-14H2,1H3;1H. The van der Waals surface area contributed by atoms with Crippen molar-refractivity contribution in [3.63, 3.8) is 0 Å². The van der Waals surface area contributed by atoms with Crippen LogP contribution in [-0.4, -0.2) is 13.9 Å². The maximum atomic E-state index is 13.3. The number of methoxy groups -OCH3 is 1. The van der Waals surface area contributed by atoms with Crippen LogP contribution >= 0.6 is 24.0 Å². The number of rotatable bonds is 8. The Morgan fingerprint density at radius 3 is 2.65 bits per heavy atom.